The van der Waals surface area contributed by atoms with E-state index in [2.05, 4.69) is 39.4 Å². The van der Waals surface area contributed by atoms with Crippen LogP contribution in [0.2, 0.25) is 0 Å². The molecule has 8 heteroatoms. The van der Waals surface area contributed by atoms with Gasteiger partial charge in [0.15, 0.2) is 5.96 Å². The number of aromatic nitrogens is 1. The summed E-state index contributed by atoms with van der Waals surface area (Å²) < 4.78 is 11.4. The van der Waals surface area contributed by atoms with Crippen molar-refractivity contribution >= 4 is 29.9 Å². The minimum atomic E-state index is 0. The number of ether oxygens (including phenoxy) is 1. The molecule has 7 nitrogen and oxygen atoms in total. The van der Waals surface area contributed by atoms with Gasteiger partial charge in [-0.05, 0) is 32.4 Å². The fourth-order valence-corrected chi connectivity index (χ4v) is 3.47. The number of nitrogens with one attached hydrogen (secondary N) is 2. The van der Waals surface area contributed by atoms with E-state index in [1.807, 2.05) is 30.3 Å². The lowest BCUT2D eigenvalue weighted by atomic mass is 10.2. The first-order valence-electron chi connectivity index (χ1n) is 9.96. The molecule has 1 aromatic heterocycles. The minimum absolute atomic E-state index is 0. The van der Waals surface area contributed by atoms with Crippen LogP contribution in [-0.2, 0) is 11.3 Å². The highest BCUT2D eigenvalue weighted by Crippen LogP contribution is 2.17. The van der Waals surface area contributed by atoms with Crippen molar-refractivity contribution in [2.45, 2.75) is 39.0 Å². The Labute approximate surface area is 190 Å². The standard InChI is InChI=1S/C21H31N5O2.HI/c1-16-13-26(14-17(2)28-16)11-7-10-23-21(22-3)24-12-19-15-27-20(25-19)18-8-5-4-6-9-18;/h4-6,8-9,15-17H,7,10-14H2,1-3H3,(H2,22,23,24);1H. The van der Waals surface area contributed by atoms with E-state index in [1.165, 1.54) is 0 Å². The zero-order valence-electron chi connectivity index (χ0n) is 17.4. The molecule has 2 heterocycles. The van der Waals surface area contributed by atoms with Crippen LogP contribution < -0.4 is 10.6 Å². The molecule has 1 aromatic carbocycles. The summed E-state index contributed by atoms with van der Waals surface area (Å²) in [4.78, 5) is 11.3. The summed E-state index contributed by atoms with van der Waals surface area (Å²) in [5.41, 5.74) is 1.82. The lowest BCUT2D eigenvalue weighted by molar-refractivity contribution is -0.0679. The molecule has 2 N–H and O–H groups in total. The van der Waals surface area contributed by atoms with Gasteiger partial charge in [0.2, 0.25) is 5.89 Å². The predicted molar refractivity (Wildman–Crippen MR) is 127 cm³/mol. The number of oxazole rings is 1. The van der Waals surface area contributed by atoms with Gasteiger partial charge in [0.05, 0.1) is 24.4 Å². The summed E-state index contributed by atoms with van der Waals surface area (Å²) in [6, 6.07) is 9.90. The Hall–Kier alpha value is -1.65. The van der Waals surface area contributed by atoms with Crippen LogP contribution in [0.15, 0.2) is 46.0 Å². The van der Waals surface area contributed by atoms with Gasteiger partial charge in [-0.3, -0.25) is 9.89 Å². The molecule has 0 spiro atoms. The first-order chi connectivity index (χ1) is 13.6. The van der Waals surface area contributed by atoms with E-state index in [4.69, 9.17) is 9.15 Å². The number of nitrogens with zero attached hydrogens (tertiary/aromatic N) is 3. The van der Waals surface area contributed by atoms with Gasteiger partial charge >= 0.3 is 0 Å². The number of morpholine rings is 1. The maximum atomic E-state index is 5.78. The molecule has 1 fully saturated rings. The first kappa shape index (κ1) is 23.6. The summed E-state index contributed by atoms with van der Waals surface area (Å²) in [6.07, 6.45) is 3.37. The first-order valence-corrected chi connectivity index (χ1v) is 9.96. The summed E-state index contributed by atoms with van der Waals surface area (Å²) >= 11 is 0. The molecule has 29 heavy (non-hydrogen) atoms. The number of hydrogen-bond donors (Lipinski definition) is 2. The fourth-order valence-electron chi connectivity index (χ4n) is 3.47. The van der Waals surface area contributed by atoms with Crippen LogP contribution in [0.4, 0.5) is 0 Å². The van der Waals surface area contributed by atoms with Crippen LogP contribution in [0.25, 0.3) is 11.5 Å². The molecule has 160 valence electrons. The molecular formula is C21H32IN5O2. The van der Waals surface area contributed by atoms with Crippen molar-refractivity contribution in [2.24, 2.45) is 4.99 Å². The molecule has 2 aromatic rings. The second kappa shape index (κ2) is 12.1. The highest BCUT2D eigenvalue weighted by atomic mass is 127. The zero-order chi connectivity index (χ0) is 19.8. The van der Waals surface area contributed by atoms with E-state index in [-0.39, 0.29) is 24.0 Å². The van der Waals surface area contributed by atoms with E-state index < -0.39 is 0 Å². The molecule has 0 bridgehead atoms. The highest BCUT2D eigenvalue weighted by Gasteiger charge is 2.21. The van der Waals surface area contributed by atoms with E-state index in [0.717, 1.165) is 49.8 Å². The van der Waals surface area contributed by atoms with E-state index >= 15 is 0 Å². The van der Waals surface area contributed by atoms with Gasteiger partial charge in [-0.15, -0.1) is 24.0 Å². The normalized spacial score (nSPS) is 20.2. The summed E-state index contributed by atoms with van der Waals surface area (Å²) in [7, 11) is 1.78. The van der Waals surface area contributed by atoms with Crippen LogP contribution in [-0.4, -0.2) is 61.3 Å². The average molecular weight is 513 g/mol. The smallest absolute Gasteiger partial charge is 0.226 e. The third-order valence-corrected chi connectivity index (χ3v) is 4.67. The Balaban J connectivity index is 0.00000300. The predicted octanol–water partition coefficient (Wildman–Crippen LogP) is 3.12. The molecule has 1 aliphatic rings. The molecule has 1 aliphatic heterocycles. The van der Waals surface area contributed by atoms with Crippen LogP contribution in [0.3, 0.4) is 0 Å². The van der Waals surface area contributed by atoms with Gasteiger partial charge in [0, 0.05) is 38.8 Å². The number of rotatable bonds is 7. The lowest BCUT2D eigenvalue weighted by Crippen LogP contribution is -2.46. The van der Waals surface area contributed by atoms with Crippen molar-refractivity contribution < 1.29 is 9.15 Å². The summed E-state index contributed by atoms with van der Waals surface area (Å²) in [5.74, 6) is 1.40. The maximum absolute atomic E-state index is 5.78. The molecule has 0 saturated carbocycles. The third-order valence-electron chi connectivity index (χ3n) is 4.67. The molecule has 1 saturated heterocycles. The Morgan fingerprint density at radius 1 is 1.17 bits per heavy atom. The van der Waals surface area contributed by atoms with Crippen molar-refractivity contribution in [3.05, 3.63) is 42.3 Å². The van der Waals surface area contributed by atoms with Crippen molar-refractivity contribution in [1.29, 1.82) is 0 Å². The van der Waals surface area contributed by atoms with Crippen molar-refractivity contribution in [1.82, 2.24) is 20.5 Å². The largest absolute Gasteiger partial charge is 0.444 e. The molecule has 2 atom stereocenters. The van der Waals surface area contributed by atoms with Crippen LogP contribution >= 0.6 is 24.0 Å². The fraction of sp³-hybridized carbons (Fsp3) is 0.524. The number of benzene rings is 1. The Kier molecular flexibility index (Phi) is 9.89. The SMILES string of the molecule is CN=C(NCCCN1CC(C)OC(C)C1)NCc1coc(-c2ccccc2)n1.I. The maximum Gasteiger partial charge on any atom is 0.226 e. The number of hydrogen-bond acceptors (Lipinski definition) is 5. The number of aliphatic imine (C=N–C) groups is 1. The Morgan fingerprint density at radius 2 is 1.90 bits per heavy atom. The van der Waals surface area contributed by atoms with Gasteiger partial charge in [0.25, 0.3) is 0 Å². The van der Waals surface area contributed by atoms with Gasteiger partial charge in [-0.25, -0.2) is 4.98 Å². The number of halogens is 1. The highest BCUT2D eigenvalue weighted by molar-refractivity contribution is 14.0. The van der Waals surface area contributed by atoms with Gasteiger partial charge in [-0.1, -0.05) is 18.2 Å². The van der Waals surface area contributed by atoms with Gasteiger partial charge < -0.3 is 19.8 Å². The minimum Gasteiger partial charge on any atom is -0.444 e. The summed E-state index contributed by atoms with van der Waals surface area (Å²) in [5, 5.41) is 6.65. The van der Waals surface area contributed by atoms with Gasteiger partial charge in [0.1, 0.15) is 6.26 Å². The lowest BCUT2D eigenvalue weighted by Gasteiger charge is -2.35. The second-order valence-electron chi connectivity index (χ2n) is 7.23. The van der Waals surface area contributed by atoms with E-state index in [9.17, 15) is 0 Å². The van der Waals surface area contributed by atoms with Crippen molar-refractivity contribution in [3.8, 4) is 11.5 Å². The van der Waals surface area contributed by atoms with Crippen LogP contribution in [0.5, 0.6) is 0 Å². The average Bonchev–Trinajstić information content (AvgIpc) is 3.16. The molecule has 0 amide bonds. The van der Waals surface area contributed by atoms with Crippen molar-refractivity contribution in [3.63, 3.8) is 0 Å². The molecule has 2 unspecified atom stereocenters. The monoisotopic (exact) mass is 513 g/mol. The van der Waals surface area contributed by atoms with Gasteiger partial charge in [-0.2, -0.15) is 0 Å². The summed E-state index contributed by atoms with van der Waals surface area (Å²) in [6.45, 7) is 8.79. The second-order valence-corrected chi connectivity index (χ2v) is 7.23. The third kappa shape index (κ3) is 7.60. The quantitative estimate of drug-likeness (QED) is 0.257. The van der Waals surface area contributed by atoms with Crippen LogP contribution in [0.1, 0.15) is 26.0 Å². The molecule has 0 radical (unpaired) electrons. The Morgan fingerprint density at radius 3 is 2.59 bits per heavy atom. The van der Waals surface area contributed by atoms with E-state index in [1.54, 1.807) is 13.3 Å². The Bertz CT molecular complexity index is 743. The zero-order valence-corrected chi connectivity index (χ0v) is 19.8. The molecular weight excluding hydrogens is 481 g/mol. The molecule has 3 rings (SSSR count). The van der Waals surface area contributed by atoms with Crippen LogP contribution in [0, 0.1) is 0 Å². The van der Waals surface area contributed by atoms with Crippen molar-refractivity contribution in [2.75, 3.05) is 33.2 Å². The van der Waals surface area contributed by atoms with E-state index in [0.29, 0.717) is 24.6 Å². The topological polar surface area (TPSA) is 74.9 Å². The molecule has 0 aliphatic carbocycles. The number of guanidine groups is 1.